The van der Waals surface area contributed by atoms with Gasteiger partial charge < -0.3 is 20.3 Å². The molecule has 2 atom stereocenters. The predicted molar refractivity (Wildman–Crippen MR) is 92.1 cm³/mol. The number of para-hydroxylation sites is 1. The van der Waals surface area contributed by atoms with Crippen LogP contribution in [-0.2, 0) is 6.42 Å². The van der Waals surface area contributed by atoms with E-state index in [2.05, 4.69) is 16.0 Å². The molecule has 0 spiro atoms. The maximum atomic E-state index is 10.3. The molecule has 1 aliphatic rings. The monoisotopic (exact) mass is 324 g/mol. The molecule has 2 unspecified atom stereocenters. The van der Waals surface area contributed by atoms with Crippen LogP contribution in [0.25, 0.3) is 10.9 Å². The van der Waals surface area contributed by atoms with Crippen molar-refractivity contribution in [1.29, 1.82) is 0 Å². The number of likely N-dealkylation sites (N-methyl/N-ethyl adjacent to an activating group) is 1. The number of aromatic amines is 1. The molecular weight excluding hydrogens is 304 g/mol. The number of rotatable bonds is 2. The second-order valence-electron chi connectivity index (χ2n) is 6.50. The van der Waals surface area contributed by atoms with Gasteiger partial charge in [-0.25, -0.2) is 0 Å². The standard InChI is InChI=1S/C19H20N2O3/c1-21-10-19(24)14-8-18(23)17(22)7-13(14)16(21)6-11-9-20-15-5-3-2-4-12(11)15/h2-5,7-9,16,19-20,22-24H,6,10H2,1H3. The van der Waals surface area contributed by atoms with Crippen molar-refractivity contribution in [3.8, 4) is 11.5 Å². The number of aromatic hydroxyl groups is 2. The number of aliphatic hydroxyl groups excluding tert-OH is 1. The highest BCUT2D eigenvalue weighted by Crippen LogP contribution is 2.41. The maximum absolute atomic E-state index is 10.3. The summed E-state index contributed by atoms with van der Waals surface area (Å²) in [4.78, 5) is 5.38. The van der Waals surface area contributed by atoms with Crippen molar-refractivity contribution in [2.24, 2.45) is 0 Å². The molecule has 0 bridgehead atoms. The number of aliphatic hydroxyl groups is 1. The van der Waals surface area contributed by atoms with E-state index < -0.39 is 6.10 Å². The Balaban J connectivity index is 1.78. The van der Waals surface area contributed by atoms with E-state index in [0.29, 0.717) is 12.1 Å². The fourth-order valence-electron chi connectivity index (χ4n) is 3.70. The van der Waals surface area contributed by atoms with Crippen molar-refractivity contribution in [3.05, 3.63) is 59.3 Å². The average molecular weight is 324 g/mol. The molecule has 5 heteroatoms. The molecule has 0 saturated carbocycles. The van der Waals surface area contributed by atoms with E-state index in [1.165, 1.54) is 17.0 Å². The lowest BCUT2D eigenvalue weighted by Gasteiger charge is -2.37. The summed E-state index contributed by atoms with van der Waals surface area (Å²) in [6, 6.07) is 11.2. The summed E-state index contributed by atoms with van der Waals surface area (Å²) < 4.78 is 0. The lowest BCUT2D eigenvalue weighted by atomic mass is 9.87. The van der Waals surface area contributed by atoms with Crippen LogP contribution >= 0.6 is 0 Å². The number of β-amino-alcohol motifs (C(OH)–C–C–N with tert-alkyl or cyclic N) is 1. The molecule has 2 heterocycles. The van der Waals surface area contributed by atoms with Crippen molar-refractivity contribution in [2.75, 3.05) is 13.6 Å². The van der Waals surface area contributed by atoms with E-state index in [1.54, 1.807) is 6.07 Å². The Kier molecular flexibility index (Phi) is 3.48. The number of hydrogen-bond donors (Lipinski definition) is 4. The first kappa shape index (κ1) is 15.1. The van der Waals surface area contributed by atoms with E-state index >= 15 is 0 Å². The van der Waals surface area contributed by atoms with E-state index in [1.807, 2.05) is 31.4 Å². The highest BCUT2D eigenvalue weighted by molar-refractivity contribution is 5.83. The first-order valence-corrected chi connectivity index (χ1v) is 8.03. The van der Waals surface area contributed by atoms with E-state index in [-0.39, 0.29) is 17.5 Å². The normalized spacial score (nSPS) is 21.1. The molecule has 4 N–H and O–H groups in total. The molecule has 24 heavy (non-hydrogen) atoms. The molecule has 0 amide bonds. The van der Waals surface area contributed by atoms with Crippen LogP contribution in [0.1, 0.15) is 28.8 Å². The molecule has 0 fully saturated rings. The van der Waals surface area contributed by atoms with Crippen LogP contribution in [0.3, 0.4) is 0 Å². The first-order chi connectivity index (χ1) is 11.5. The van der Waals surface area contributed by atoms with Crippen molar-refractivity contribution in [2.45, 2.75) is 18.6 Å². The van der Waals surface area contributed by atoms with Gasteiger partial charge in [0.15, 0.2) is 11.5 Å². The largest absolute Gasteiger partial charge is 0.504 e. The van der Waals surface area contributed by atoms with Gasteiger partial charge in [0.25, 0.3) is 0 Å². The van der Waals surface area contributed by atoms with Crippen LogP contribution in [0.4, 0.5) is 0 Å². The van der Waals surface area contributed by atoms with Gasteiger partial charge >= 0.3 is 0 Å². The fraction of sp³-hybridized carbons (Fsp3) is 0.263. The highest BCUT2D eigenvalue weighted by atomic mass is 16.3. The summed E-state index contributed by atoms with van der Waals surface area (Å²) in [6.45, 7) is 0.490. The van der Waals surface area contributed by atoms with E-state index in [9.17, 15) is 15.3 Å². The minimum atomic E-state index is -0.671. The van der Waals surface area contributed by atoms with Crippen LogP contribution < -0.4 is 0 Å². The number of hydrogen-bond acceptors (Lipinski definition) is 4. The number of fused-ring (bicyclic) bond motifs is 2. The molecule has 0 saturated heterocycles. The average Bonchev–Trinajstić information content (AvgIpc) is 2.96. The maximum Gasteiger partial charge on any atom is 0.157 e. The highest BCUT2D eigenvalue weighted by Gasteiger charge is 2.31. The Labute approximate surface area is 139 Å². The smallest absolute Gasteiger partial charge is 0.157 e. The zero-order chi connectivity index (χ0) is 16.8. The summed E-state index contributed by atoms with van der Waals surface area (Å²) in [5.74, 6) is -0.344. The van der Waals surface area contributed by atoms with Crippen molar-refractivity contribution < 1.29 is 15.3 Å². The van der Waals surface area contributed by atoms with Gasteiger partial charge in [-0.15, -0.1) is 0 Å². The summed E-state index contributed by atoms with van der Waals surface area (Å²) >= 11 is 0. The third-order valence-corrected chi connectivity index (χ3v) is 4.98. The first-order valence-electron chi connectivity index (χ1n) is 8.03. The van der Waals surface area contributed by atoms with Crippen LogP contribution in [0, 0.1) is 0 Å². The third-order valence-electron chi connectivity index (χ3n) is 4.98. The predicted octanol–water partition coefficient (Wildman–Crippen LogP) is 2.84. The van der Waals surface area contributed by atoms with Gasteiger partial charge in [-0.3, -0.25) is 4.90 Å². The lowest BCUT2D eigenvalue weighted by molar-refractivity contribution is 0.0833. The van der Waals surface area contributed by atoms with Gasteiger partial charge in [0.2, 0.25) is 0 Å². The van der Waals surface area contributed by atoms with Gasteiger partial charge in [-0.1, -0.05) is 18.2 Å². The minimum Gasteiger partial charge on any atom is -0.504 e. The van der Waals surface area contributed by atoms with Gasteiger partial charge in [0.1, 0.15) is 0 Å². The van der Waals surface area contributed by atoms with Gasteiger partial charge in [0.05, 0.1) is 6.10 Å². The van der Waals surface area contributed by atoms with E-state index in [0.717, 1.165) is 17.5 Å². The number of phenolic OH excluding ortho intramolecular Hbond substituents is 2. The lowest BCUT2D eigenvalue weighted by Crippen LogP contribution is -2.36. The van der Waals surface area contributed by atoms with Crippen LogP contribution in [0.5, 0.6) is 11.5 Å². The molecule has 3 aromatic rings. The molecule has 0 aliphatic carbocycles. The SMILES string of the molecule is CN1CC(O)c2cc(O)c(O)cc2C1Cc1c[nH]c2ccccc12. The Morgan fingerprint density at radius 1 is 1.12 bits per heavy atom. The topological polar surface area (TPSA) is 79.7 Å². The molecule has 124 valence electrons. The second kappa shape index (κ2) is 5.54. The van der Waals surface area contributed by atoms with Gasteiger partial charge in [0, 0.05) is 29.7 Å². The Bertz CT molecular complexity index is 903. The molecule has 5 nitrogen and oxygen atoms in total. The number of phenols is 2. The third kappa shape index (κ3) is 2.33. The van der Waals surface area contributed by atoms with Crippen LogP contribution in [-0.4, -0.2) is 38.8 Å². The summed E-state index contributed by atoms with van der Waals surface area (Å²) in [6.07, 6.45) is 2.10. The molecular formula is C19H20N2O3. The van der Waals surface area contributed by atoms with Crippen molar-refractivity contribution >= 4 is 10.9 Å². The quantitative estimate of drug-likeness (QED) is 0.547. The van der Waals surface area contributed by atoms with Crippen LogP contribution in [0.15, 0.2) is 42.6 Å². The fourth-order valence-corrected chi connectivity index (χ4v) is 3.70. The Morgan fingerprint density at radius 3 is 2.62 bits per heavy atom. The number of aromatic nitrogens is 1. The summed E-state index contributed by atoms with van der Waals surface area (Å²) in [7, 11) is 1.97. The zero-order valence-electron chi connectivity index (χ0n) is 13.4. The zero-order valence-corrected chi connectivity index (χ0v) is 13.4. The van der Waals surface area contributed by atoms with Crippen LogP contribution in [0.2, 0.25) is 0 Å². The van der Waals surface area contributed by atoms with Crippen molar-refractivity contribution in [1.82, 2.24) is 9.88 Å². The summed E-state index contributed by atoms with van der Waals surface area (Å²) in [5.41, 5.74) is 3.84. The van der Waals surface area contributed by atoms with Crippen molar-refractivity contribution in [3.63, 3.8) is 0 Å². The number of nitrogens with one attached hydrogen (secondary N) is 1. The van der Waals surface area contributed by atoms with Gasteiger partial charge in [-0.05, 0) is 48.4 Å². The number of benzene rings is 2. The molecule has 2 aromatic carbocycles. The second-order valence-corrected chi connectivity index (χ2v) is 6.50. The number of nitrogens with zero attached hydrogens (tertiary/aromatic N) is 1. The summed E-state index contributed by atoms with van der Waals surface area (Å²) in [5, 5.41) is 31.2. The Morgan fingerprint density at radius 2 is 1.83 bits per heavy atom. The minimum absolute atomic E-state index is 0.0223. The Hall–Kier alpha value is -2.50. The molecule has 0 radical (unpaired) electrons. The molecule has 1 aromatic heterocycles. The molecule has 1 aliphatic heterocycles. The number of H-pyrrole nitrogens is 1. The van der Waals surface area contributed by atoms with Gasteiger partial charge in [-0.2, -0.15) is 0 Å². The molecule has 4 rings (SSSR count). The van der Waals surface area contributed by atoms with E-state index in [4.69, 9.17) is 0 Å².